The molecule has 0 saturated heterocycles. The number of para-hydroxylation sites is 1. The average Bonchev–Trinajstić information content (AvgIpc) is 2.55. The van der Waals surface area contributed by atoms with Crippen LogP contribution in [0.4, 0.5) is 5.69 Å². The van der Waals surface area contributed by atoms with Crippen LogP contribution in [0.5, 0.6) is 5.75 Å². The third kappa shape index (κ3) is 1.81. The standard InChI is InChI=1S/C20H17NO/c1-3-7-19-20-15(14-8-4-5-10-18(14)22-19)11-12-17-16(20)9-6-13-21(17)2/h3-6,8-13H,1,7H2,2H3. The number of ether oxygens (including phenoxy) is 1. The van der Waals surface area contributed by atoms with Gasteiger partial charge in [0, 0.05) is 41.4 Å². The van der Waals surface area contributed by atoms with Gasteiger partial charge in [-0.15, -0.1) is 6.58 Å². The molecule has 2 aromatic rings. The molecule has 0 unspecified atom stereocenters. The van der Waals surface area contributed by atoms with Crippen molar-refractivity contribution in [1.82, 2.24) is 0 Å². The highest BCUT2D eigenvalue weighted by Gasteiger charge is 2.19. The van der Waals surface area contributed by atoms with Crippen LogP contribution in [0.3, 0.4) is 0 Å². The van der Waals surface area contributed by atoms with Crippen molar-refractivity contribution in [2.75, 3.05) is 11.9 Å². The van der Waals surface area contributed by atoms with Crippen LogP contribution in [0, 0.1) is 0 Å². The molecule has 0 spiro atoms. The Bertz CT molecular complexity index is 921. The highest BCUT2D eigenvalue weighted by Crippen LogP contribution is 2.33. The molecule has 0 aliphatic carbocycles. The number of hydrogen-bond donors (Lipinski definition) is 0. The first-order valence-corrected chi connectivity index (χ1v) is 7.45. The summed E-state index contributed by atoms with van der Waals surface area (Å²) in [6, 6.07) is 12.6. The lowest BCUT2D eigenvalue weighted by Gasteiger charge is -2.24. The zero-order chi connectivity index (χ0) is 15.1. The summed E-state index contributed by atoms with van der Waals surface area (Å²) in [4.78, 5) is 2.14. The lowest BCUT2D eigenvalue weighted by Crippen LogP contribution is -2.37. The molecule has 0 aromatic heterocycles. The van der Waals surface area contributed by atoms with Gasteiger partial charge in [0.05, 0.1) is 0 Å². The van der Waals surface area contributed by atoms with Crippen molar-refractivity contribution in [3.8, 4) is 16.9 Å². The van der Waals surface area contributed by atoms with Crippen molar-refractivity contribution in [2.24, 2.45) is 0 Å². The lowest BCUT2D eigenvalue weighted by atomic mass is 9.95. The van der Waals surface area contributed by atoms with E-state index in [4.69, 9.17) is 4.74 Å². The minimum Gasteiger partial charge on any atom is -0.460 e. The Morgan fingerprint density at radius 3 is 2.86 bits per heavy atom. The summed E-state index contributed by atoms with van der Waals surface area (Å²) in [7, 11) is 2.07. The molecule has 2 aromatic carbocycles. The van der Waals surface area contributed by atoms with Crippen molar-refractivity contribution in [3.05, 3.63) is 71.8 Å². The van der Waals surface area contributed by atoms with E-state index < -0.39 is 0 Å². The minimum absolute atomic E-state index is 0.721. The predicted molar refractivity (Wildman–Crippen MR) is 92.0 cm³/mol. The molecule has 108 valence electrons. The summed E-state index contributed by atoms with van der Waals surface area (Å²) in [5, 5.41) is 2.40. The molecule has 2 heteroatoms. The van der Waals surface area contributed by atoms with Gasteiger partial charge >= 0.3 is 0 Å². The maximum atomic E-state index is 6.18. The van der Waals surface area contributed by atoms with Gasteiger partial charge in [0.25, 0.3) is 0 Å². The Kier molecular flexibility index (Phi) is 2.90. The van der Waals surface area contributed by atoms with Crippen molar-refractivity contribution >= 4 is 17.5 Å². The summed E-state index contributed by atoms with van der Waals surface area (Å²) >= 11 is 0. The first-order chi connectivity index (χ1) is 10.8. The number of fused-ring (bicyclic) bond motifs is 5. The van der Waals surface area contributed by atoms with E-state index in [1.165, 1.54) is 21.7 Å². The van der Waals surface area contributed by atoms with Gasteiger partial charge in [-0.05, 0) is 23.8 Å². The fourth-order valence-electron chi connectivity index (χ4n) is 3.20. The van der Waals surface area contributed by atoms with Crippen molar-refractivity contribution in [2.45, 2.75) is 6.42 Å². The normalized spacial score (nSPS) is 14.4. The zero-order valence-corrected chi connectivity index (χ0v) is 12.5. The van der Waals surface area contributed by atoms with Gasteiger partial charge in [0.15, 0.2) is 0 Å². The maximum Gasteiger partial charge on any atom is 0.134 e. The van der Waals surface area contributed by atoms with Crippen LogP contribution in [0.25, 0.3) is 23.0 Å². The van der Waals surface area contributed by atoms with E-state index in [2.05, 4.69) is 61.1 Å². The molecule has 0 saturated carbocycles. The minimum atomic E-state index is 0.721. The number of allylic oxidation sites excluding steroid dienone is 1. The van der Waals surface area contributed by atoms with Crippen molar-refractivity contribution in [3.63, 3.8) is 0 Å². The summed E-state index contributed by atoms with van der Waals surface area (Å²) in [6.45, 7) is 3.88. The highest BCUT2D eigenvalue weighted by atomic mass is 16.5. The number of nitrogens with zero attached hydrogens (tertiary/aromatic N) is 1. The Morgan fingerprint density at radius 2 is 2.00 bits per heavy atom. The molecule has 0 amide bonds. The summed E-state index contributed by atoms with van der Waals surface area (Å²) < 4.78 is 6.18. The molecule has 2 nitrogen and oxygen atoms in total. The Labute approximate surface area is 130 Å². The third-order valence-electron chi connectivity index (χ3n) is 4.19. The molecule has 2 aliphatic rings. The number of rotatable bonds is 2. The van der Waals surface area contributed by atoms with Crippen molar-refractivity contribution in [1.29, 1.82) is 0 Å². The Hall–Kier alpha value is -2.74. The molecule has 4 rings (SSSR count). The maximum absolute atomic E-state index is 6.18. The quantitative estimate of drug-likeness (QED) is 0.787. The van der Waals surface area contributed by atoms with Crippen LogP contribution in [-0.4, -0.2) is 7.05 Å². The van der Waals surface area contributed by atoms with Crippen molar-refractivity contribution < 1.29 is 4.74 Å². The third-order valence-corrected chi connectivity index (χ3v) is 4.19. The van der Waals surface area contributed by atoms with E-state index in [1.54, 1.807) is 0 Å². The number of benzene rings is 2. The van der Waals surface area contributed by atoms with Gasteiger partial charge < -0.3 is 9.64 Å². The average molecular weight is 287 g/mol. The van der Waals surface area contributed by atoms with E-state index in [0.717, 1.165) is 23.5 Å². The molecule has 0 bridgehead atoms. The van der Waals surface area contributed by atoms with Crippen LogP contribution >= 0.6 is 0 Å². The predicted octanol–water partition coefficient (Wildman–Crippen LogP) is 3.17. The molecular formula is C20H17NO. The molecule has 0 radical (unpaired) electrons. The second-order valence-electron chi connectivity index (χ2n) is 5.55. The second-order valence-corrected chi connectivity index (χ2v) is 5.55. The fraction of sp³-hybridized carbons (Fsp3) is 0.100. The van der Waals surface area contributed by atoms with Gasteiger partial charge in [-0.3, -0.25) is 0 Å². The first kappa shape index (κ1) is 13.0. The van der Waals surface area contributed by atoms with Crippen LogP contribution in [0.1, 0.15) is 6.42 Å². The number of anilines is 1. The largest absolute Gasteiger partial charge is 0.460 e. The van der Waals surface area contributed by atoms with E-state index >= 15 is 0 Å². The summed E-state index contributed by atoms with van der Waals surface area (Å²) in [5.41, 5.74) is 3.59. The van der Waals surface area contributed by atoms with Gasteiger partial charge in [-0.25, -0.2) is 0 Å². The van der Waals surface area contributed by atoms with E-state index in [0.29, 0.717) is 0 Å². The topological polar surface area (TPSA) is 12.5 Å². The highest BCUT2D eigenvalue weighted by molar-refractivity contribution is 5.80. The molecule has 2 heterocycles. The summed E-state index contributed by atoms with van der Waals surface area (Å²) in [5.74, 6) is 1.90. The monoisotopic (exact) mass is 287 g/mol. The smallest absolute Gasteiger partial charge is 0.134 e. The van der Waals surface area contributed by atoms with Crippen LogP contribution < -0.4 is 20.1 Å². The number of hydrogen-bond acceptors (Lipinski definition) is 2. The van der Waals surface area contributed by atoms with Crippen LogP contribution in [0.2, 0.25) is 0 Å². The molecule has 0 N–H and O–H groups in total. The van der Waals surface area contributed by atoms with E-state index in [-0.39, 0.29) is 0 Å². The molecule has 2 aliphatic heterocycles. The molecule has 0 atom stereocenters. The Morgan fingerprint density at radius 1 is 1.14 bits per heavy atom. The SMILES string of the molecule is C=CCC1=c2c(ccc3c2=CC=CN3C)-c2ccccc2O1. The van der Waals surface area contributed by atoms with E-state index in [1.807, 2.05) is 18.2 Å². The Balaban J connectivity index is 2.15. The zero-order valence-electron chi connectivity index (χ0n) is 12.5. The fourth-order valence-corrected chi connectivity index (χ4v) is 3.20. The molecular weight excluding hydrogens is 270 g/mol. The van der Waals surface area contributed by atoms with Gasteiger partial charge in [-0.2, -0.15) is 0 Å². The first-order valence-electron chi connectivity index (χ1n) is 7.45. The van der Waals surface area contributed by atoms with Crippen LogP contribution in [-0.2, 0) is 0 Å². The molecule has 22 heavy (non-hydrogen) atoms. The van der Waals surface area contributed by atoms with Crippen LogP contribution in [0.15, 0.2) is 61.3 Å². The second kappa shape index (κ2) is 4.92. The summed E-state index contributed by atoms with van der Waals surface area (Å²) in [6.07, 6.45) is 8.93. The van der Waals surface area contributed by atoms with Gasteiger partial charge in [0.2, 0.25) is 0 Å². The lowest BCUT2D eigenvalue weighted by molar-refractivity contribution is 0.492. The van der Waals surface area contributed by atoms with Gasteiger partial charge in [0.1, 0.15) is 11.5 Å². The van der Waals surface area contributed by atoms with E-state index in [9.17, 15) is 0 Å². The van der Waals surface area contributed by atoms with Gasteiger partial charge in [-0.1, -0.05) is 36.4 Å². The molecule has 0 fully saturated rings.